The van der Waals surface area contributed by atoms with E-state index >= 15 is 0 Å². The second-order valence-electron chi connectivity index (χ2n) is 6.73. The average molecular weight is 370 g/mol. The zero-order chi connectivity index (χ0) is 17.9. The van der Waals surface area contributed by atoms with Gasteiger partial charge in [-0.2, -0.15) is 0 Å². The summed E-state index contributed by atoms with van der Waals surface area (Å²) in [6.07, 6.45) is 0.643. The number of hydrogen-bond acceptors (Lipinski definition) is 4. The Balaban J connectivity index is 2.16. The Bertz CT molecular complexity index is 702. The highest BCUT2D eigenvalue weighted by molar-refractivity contribution is 7.91. The maximum absolute atomic E-state index is 11.9. The van der Waals surface area contributed by atoms with Gasteiger partial charge in [0.05, 0.1) is 11.5 Å². The standard InChI is InChI=1S/C17H27N3O2S2/c1-13-6-5-7-16(14(13)2)18-17(23)20(10-9-19(3)4)15-8-11-24(21,22)12-15/h5-7,15H,8-12H2,1-4H3,(H,18,23)/t15-/m0/s1. The third-order valence-corrected chi connectivity index (χ3v) is 6.63. The van der Waals surface area contributed by atoms with E-state index in [0.717, 1.165) is 17.8 Å². The number of nitrogens with zero attached hydrogens (tertiary/aromatic N) is 2. The normalized spacial score (nSPS) is 19.5. The first kappa shape index (κ1) is 19.1. The molecule has 0 amide bonds. The van der Waals surface area contributed by atoms with Crippen LogP contribution < -0.4 is 5.32 Å². The number of thiocarbonyl (C=S) groups is 1. The van der Waals surface area contributed by atoms with Gasteiger partial charge in [-0.05, 0) is 63.8 Å². The first-order valence-corrected chi connectivity index (χ1v) is 10.4. The van der Waals surface area contributed by atoms with Gasteiger partial charge in [-0.3, -0.25) is 0 Å². The smallest absolute Gasteiger partial charge is 0.173 e. The SMILES string of the molecule is Cc1cccc(NC(=S)N(CCN(C)C)[C@H]2CCS(=O)(=O)C2)c1C. The Morgan fingerprint density at radius 2 is 2.00 bits per heavy atom. The topological polar surface area (TPSA) is 52.6 Å². The lowest BCUT2D eigenvalue weighted by Crippen LogP contribution is -2.46. The summed E-state index contributed by atoms with van der Waals surface area (Å²) < 4.78 is 23.7. The van der Waals surface area contributed by atoms with E-state index in [1.807, 2.05) is 31.1 Å². The summed E-state index contributed by atoms with van der Waals surface area (Å²) in [6, 6.07) is 6.03. The number of anilines is 1. The molecule has 0 bridgehead atoms. The molecule has 1 fully saturated rings. The fraction of sp³-hybridized carbons (Fsp3) is 0.588. The summed E-state index contributed by atoms with van der Waals surface area (Å²) in [5.41, 5.74) is 3.34. The van der Waals surface area contributed by atoms with E-state index < -0.39 is 9.84 Å². The van der Waals surface area contributed by atoms with Gasteiger partial charge in [-0.15, -0.1) is 0 Å². The van der Waals surface area contributed by atoms with Gasteiger partial charge in [-0.1, -0.05) is 12.1 Å². The van der Waals surface area contributed by atoms with Crippen LogP contribution in [0.15, 0.2) is 18.2 Å². The molecule has 2 rings (SSSR count). The highest BCUT2D eigenvalue weighted by Gasteiger charge is 2.33. The predicted molar refractivity (Wildman–Crippen MR) is 104 cm³/mol. The maximum atomic E-state index is 11.9. The molecular formula is C17H27N3O2S2. The van der Waals surface area contributed by atoms with Crippen molar-refractivity contribution in [2.75, 3.05) is 44.0 Å². The summed E-state index contributed by atoms with van der Waals surface area (Å²) in [4.78, 5) is 4.12. The van der Waals surface area contributed by atoms with Crippen LogP contribution in [0.3, 0.4) is 0 Å². The highest BCUT2D eigenvalue weighted by Crippen LogP contribution is 2.22. The molecule has 7 heteroatoms. The molecule has 0 spiro atoms. The van der Waals surface area contributed by atoms with Gasteiger partial charge < -0.3 is 15.1 Å². The second kappa shape index (κ2) is 7.80. The minimum Gasteiger partial charge on any atom is -0.344 e. The van der Waals surface area contributed by atoms with Crippen molar-refractivity contribution in [2.24, 2.45) is 0 Å². The van der Waals surface area contributed by atoms with Crippen molar-refractivity contribution >= 4 is 32.9 Å². The lowest BCUT2D eigenvalue weighted by atomic mass is 10.1. The molecule has 0 unspecified atom stereocenters. The van der Waals surface area contributed by atoms with Crippen molar-refractivity contribution in [1.29, 1.82) is 0 Å². The van der Waals surface area contributed by atoms with Gasteiger partial charge in [-0.25, -0.2) is 8.42 Å². The minimum absolute atomic E-state index is 0.0416. The van der Waals surface area contributed by atoms with Crippen LogP contribution in [0.1, 0.15) is 17.5 Å². The molecule has 1 aliphatic rings. The third-order valence-electron chi connectivity index (χ3n) is 4.54. The monoisotopic (exact) mass is 369 g/mol. The molecule has 5 nitrogen and oxygen atoms in total. The van der Waals surface area contributed by atoms with E-state index in [4.69, 9.17) is 12.2 Å². The van der Waals surface area contributed by atoms with E-state index in [1.54, 1.807) is 0 Å². The molecule has 24 heavy (non-hydrogen) atoms. The van der Waals surface area contributed by atoms with Crippen molar-refractivity contribution in [1.82, 2.24) is 9.80 Å². The number of likely N-dealkylation sites (N-methyl/N-ethyl adjacent to an activating group) is 1. The largest absolute Gasteiger partial charge is 0.344 e. The Hall–Kier alpha value is -1.18. The van der Waals surface area contributed by atoms with Gasteiger partial charge in [0.1, 0.15) is 0 Å². The number of benzene rings is 1. The molecule has 1 heterocycles. The number of aryl methyl sites for hydroxylation is 1. The molecule has 0 radical (unpaired) electrons. The van der Waals surface area contributed by atoms with E-state index in [1.165, 1.54) is 5.56 Å². The summed E-state index contributed by atoms with van der Waals surface area (Å²) in [6.45, 7) is 5.66. The molecule has 1 aliphatic heterocycles. The van der Waals surface area contributed by atoms with Crippen LogP contribution in [0.2, 0.25) is 0 Å². The second-order valence-corrected chi connectivity index (χ2v) is 9.35. The first-order valence-electron chi connectivity index (χ1n) is 8.18. The summed E-state index contributed by atoms with van der Waals surface area (Å²) in [5.74, 6) is 0.442. The van der Waals surface area contributed by atoms with E-state index in [9.17, 15) is 8.42 Å². The lowest BCUT2D eigenvalue weighted by Gasteiger charge is -2.32. The van der Waals surface area contributed by atoms with Crippen LogP contribution in [-0.4, -0.2) is 68.1 Å². The minimum atomic E-state index is -2.94. The zero-order valence-electron chi connectivity index (χ0n) is 14.9. The van der Waals surface area contributed by atoms with Crippen LogP contribution in [0.25, 0.3) is 0 Å². The molecule has 1 aromatic carbocycles. The molecule has 1 atom stereocenters. The molecule has 134 valence electrons. The molecular weight excluding hydrogens is 342 g/mol. The van der Waals surface area contributed by atoms with Gasteiger partial charge in [0, 0.05) is 24.8 Å². The Kier molecular flexibility index (Phi) is 6.22. The van der Waals surface area contributed by atoms with Crippen LogP contribution in [0.4, 0.5) is 5.69 Å². The fourth-order valence-electron chi connectivity index (χ4n) is 2.85. The zero-order valence-corrected chi connectivity index (χ0v) is 16.5. The van der Waals surface area contributed by atoms with E-state index in [-0.39, 0.29) is 17.5 Å². The number of rotatable bonds is 5. The van der Waals surface area contributed by atoms with Crippen LogP contribution in [0.5, 0.6) is 0 Å². The Labute approximate surface area is 150 Å². The third kappa shape index (κ3) is 4.91. The number of nitrogens with one attached hydrogen (secondary N) is 1. The van der Waals surface area contributed by atoms with Crippen molar-refractivity contribution in [3.8, 4) is 0 Å². The Morgan fingerprint density at radius 3 is 2.58 bits per heavy atom. The summed E-state index contributed by atoms with van der Waals surface area (Å²) in [5, 5.41) is 3.93. The first-order chi connectivity index (χ1) is 11.2. The van der Waals surface area contributed by atoms with Gasteiger partial charge >= 0.3 is 0 Å². The number of hydrogen-bond donors (Lipinski definition) is 1. The quantitative estimate of drug-likeness (QED) is 0.802. The van der Waals surface area contributed by atoms with Crippen molar-refractivity contribution < 1.29 is 8.42 Å². The summed E-state index contributed by atoms with van der Waals surface area (Å²) in [7, 11) is 1.07. The maximum Gasteiger partial charge on any atom is 0.173 e. The van der Waals surface area contributed by atoms with Crippen LogP contribution >= 0.6 is 12.2 Å². The molecule has 1 saturated heterocycles. The average Bonchev–Trinajstić information content (AvgIpc) is 2.84. The van der Waals surface area contributed by atoms with Crippen molar-refractivity contribution in [3.05, 3.63) is 29.3 Å². The number of sulfone groups is 1. The molecule has 0 aliphatic carbocycles. The molecule has 1 aromatic rings. The lowest BCUT2D eigenvalue weighted by molar-refractivity contribution is 0.289. The highest BCUT2D eigenvalue weighted by atomic mass is 32.2. The van der Waals surface area contributed by atoms with Crippen molar-refractivity contribution in [3.63, 3.8) is 0 Å². The van der Waals surface area contributed by atoms with Gasteiger partial charge in [0.2, 0.25) is 0 Å². The fourth-order valence-corrected chi connectivity index (χ4v) is 4.93. The molecule has 0 aromatic heterocycles. The Morgan fingerprint density at radius 1 is 1.29 bits per heavy atom. The predicted octanol–water partition coefficient (Wildman–Crippen LogP) is 2.05. The van der Waals surface area contributed by atoms with E-state index in [0.29, 0.717) is 18.1 Å². The summed E-state index contributed by atoms with van der Waals surface area (Å²) >= 11 is 5.63. The van der Waals surface area contributed by atoms with Crippen LogP contribution in [0, 0.1) is 13.8 Å². The van der Waals surface area contributed by atoms with Crippen LogP contribution in [-0.2, 0) is 9.84 Å². The van der Waals surface area contributed by atoms with E-state index in [2.05, 4.69) is 30.1 Å². The van der Waals surface area contributed by atoms with Gasteiger partial charge in [0.15, 0.2) is 14.9 Å². The molecule has 1 N–H and O–H groups in total. The van der Waals surface area contributed by atoms with Crippen molar-refractivity contribution in [2.45, 2.75) is 26.3 Å². The van der Waals surface area contributed by atoms with Gasteiger partial charge in [0.25, 0.3) is 0 Å². The molecule has 0 saturated carbocycles.